The van der Waals surface area contributed by atoms with Gasteiger partial charge in [0.15, 0.2) is 0 Å². The van der Waals surface area contributed by atoms with Gasteiger partial charge in [-0.25, -0.2) is 8.78 Å². The molecule has 0 aromatic heterocycles. The van der Waals surface area contributed by atoms with Gasteiger partial charge in [0.05, 0.1) is 5.54 Å². The lowest BCUT2D eigenvalue weighted by molar-refractivity contribution is 0.0637. The second kappa shape index (κ2) is 4.73. The second-order valence-electron chi connectivity index (χ2n) is 5.89. The molecule has 0 heterocycles. The molecule has 0 bridgehead atoms. The first kappa shape index (κ1) is 14.1. The van der Waals surface area contributed by atoms with Gasteiger partial charge in [-0.1, -0.05) is 45.0 Å². The van der Waals surface area contributed by atoms with Gasteiger partial charge in [-0.2, -0.15) is 0 Å². The average molecular weight is 241 g/mol. The van der Waals surface area contributed by atoms with Crippen LogP contribution in [0, 0.1) is 0 Å². The predicted molar refractivity (Wildman–Crippen MR) is 67.4 cm³/mol. The monoisotopic (exact) mass is 241 g/mol. The third-order valence-electron chi connectivity index (χ3n) is 2.90. The fourth-order valence-corrected chi connectivity index (χ4v) is 1.89. The molecular weight excluding hydrogens is 220 g/mol. The Balaban J connectivity index is 3.08. The van der Waals surface area contributed by atoms with Crippen molar-refractivity contribution in [1.82, 2.24) is 0 Å². The first-order valence-corrected chi connectivity index (χ1v) is 5.80. The van der Waals surface area contributed by atoms with Gasteiger partial charge in [-0.05, 0) is 29.9 Å². The third kappa shape index (κ3) is 3.50. The summed E-state index contributed by atoms with van der Waals surface area (Å²) in [6, 6.07) is 7.66. The number of hydrogen-bond acceptors (Lipinski definition) is 1. The smallest absolute Gasteiger partial charge is 0.256 e. The van der Waals surface area contributed by atoms with Gasteiger partial charge in [0.25, 0.3) is 6.43 Å². The maximum absolute atomic E-state index is 12.8. The Morgan fingerprint density at radius 3 is 2.12 bits per heavy atom. The molecule has 0 amide bonds. The molecule has 0 spiro atoms. The Morgan fingerprint density at radius 2 is 1.65 bits per heavy atom. The molecule has 0 saturated heterocycles. The zero-order chi connectivity index (χ0) is 13.3. The van der Waals surface area contributed by atoms with Crippen molar-refractivity contribution in [2.75, 3.05) is 0 Å². The molecule has 17 heavy (non-hydrogen) atoms. The maximum Gasteiger partial charge on any atom is 0.256 e. The first-order chi connectivity index (χ1) is 7.64. The summed E-state index contributed by atoms with van der Waals surface area (Å²) in [6.45, 7) is 7.61. The van der Waals surface area contributed by atoms with Gasteiger partial charge in [0, 0.05) is 0 Å². The van der Waals surface area contributed by atoms with E-state index in [1.54, 1.807) is 0 Å². The third-order valence-corrected chi connectivity index (χ3v) is 2.90. The maximum atomic E-state index is 12.8. The summed E-state index contributed by atoms with van der Waals surface area (Å²) >= 11 is 0. The van der Waals surface area contributed by atoms with Crippen LogP contribution in [0.2, 0.25) is 0 Å². The zero-order valence-corrected chi connectivity index (χ0v) is 10.9. The van der Waals surface area contributed by atoms with Crippen molar-refractivity contribution in [2.45, 2.75) is 51.5 Å². The Hall–Kier alpha value is -0.960. The lowest BCUT2D eigenvalue weighted by Crippen LogP contribution is -2.46. The number of alkyl halides is 2. The van der Waals surface area contributed by atoms with Crippen LogP contribution in [0.1, 0.15) is 38.8 Å². The summed E-state index contributed by atoms with van der Waals surface area (Å²) in [7, 11) is 0. The van der Waals surface area contributed by atoms with Gasteiger partial charge in [0.1, 0.15) is 0 Å². The highest BCUT2D eigenvalue weighted by molar-refractivity contribution is 5.34. The van der Waals surface area contributed by atoms with Crippen molar-refractivity contribution in [1.29, 1.82) is 0 Å². The molecule has 1 atom stereocenters. The number of hydrogen-bond donors (Lipinski definition) is 1. The highest BCUT2D eigenvalue weighted by Gasteiger charge is 2.32. The SMILES string of the molecule is CC(C)(C)c1ccccc1CC(C)(N)C(F)F. The van der Waals surface area contributed by atoms with Crippen molar-refractivity contribution in [2.24, 2.45) is 5.73 Å². The Bertz CT molecular complexity index is 378. The van der Waals surface area contributed by atoms with Crippen LogP contribution in [0.5, 0.6) is 0 Å². The summed E-state index contributed by atoms with van der Waals surface area (Å²) in [5.41, 5.74) is 6.11. The fraction of sp³-hybridized carbons (Fsp3) is 0.571. The number of nitrogens with two attached hydrogens (primary N) is 1. The van der Waals surface area contributed by atoms with Crippen LogP contribution in [0.15, 0.2) is 24.3 Å². The molecule has 0 aliphatic heterocycles. The van der Waals surface area contributed by atoms with E-state index in [0.717, 1.165) is 11.1 Å². The molecule has 0 aliphatic rings. The van der Waals surface area contributed by atoms with Crippen molar-refractivity contribution >= 4 is 0 Å². The topological polar surface area (TPSA) is 26.0 Å². The largest absolute Gasteiger partial charge is 0.320 e. The van der Waals surface area contributed by atoms with Gasteiger partial charge >= 0.3 is 0 Å². The van der Waals surface area contributed by atoms with E-state index in [0.29, 0.717) is 0 Å². The van der Waals surface area contributed by atoms with Crippen LogP contribution in [-0.4, -0.2) is 12.0 Å². The lowest BCUT2D eigenvalue weighted by Gasteiger charge is -2.28. The molecule has 96 valence electrons. The number of benzene rings is 1. The standard InChI is InChI=1S/C14H21F2N/c1-13(2,3)11-8-6-5-7-10(11)9-14(4,17)12(15)16/h5-8,12H,9,17H2,1-4H3. The molecule has 0 aliphatic carbocycles. The van der Waals surface area contributed by atoms with Crippen LogP contribution in [0.4, 0.5) is 8.78 Å². The van der Waals surface area contributed by atoms with Gasteiger partial charge < -0.3 is 5.73 Å². The highest BCUT2D eigenvalue weighted by atomic mass is 19.3. The van der Waals surface area contributed by atoms with Gasteiger partial charge in [-0.3, -0.25) is 0 Å². The minimum absolute atomic E-state index is 0.0607. The Morgan fingerprint density at radius 1 is 1.12 bits per heavy atom. The minimum Gasteiger partial charge on any atom is -0.320 e. The molecule has 0 fully saturated rings. The van der Waals surface area contributed by atoms with Crippen LogP contribution in [-0.2, 0) is 11.8 Å². The summed E-state index contributed by atoms with van der Waals surface area (Å²) in [6.07, 6.45) is -2.33. The Kier molecular flexibility index (Phi) is 3.92. The molecule has 1 nitrogen and oxygen atoms in total. The molecule has 1 aromatic carbocycles. The molecular formula is C14H21F2N. The molecule has 2 N–H and O–H groups in total. The van der Waals surface area contributed by atoms with E-state index >= 15 is 0 Å². The van der Waals surface area contributed by atoms with Crippen LogP contribution in [0.25, 0.3) is 0 Å². The summed E-state index contributed by atoms with van der Waals surface area (Å²) < 4.78 is 25.6. The molecule has 3 heteroatoms. The second-order valence-corrected chi connectivity index (χ2v) is 5.89. The highest BCUT2D eigenvalue weighted by Crippen LogP contribution is 2.29. The van der Waals surface area contributed by atoms with E-state index in [2.05, 4.69) is 20.8 Å². The number of rotatable bonds is 3. The van der Waals surface area contributed by atoms with Crippen molar-refractivity contribution in [3.63, 3.8) is 0 Å². The van der Waals surface area contributed by atoms with Crippen molar-refractivity contribution in [3.8, 4) is 0 Å². The summed E-state index contributed by atoms with van der Waals surface area (Å²) in [5, 5.41) is 0. The predicted octanol–water partition coefficient (Wildman–Crippen LogP) is 3.51. The van der Waals surface area contributed by atoms with E-state index in [1.807, 2.05) is 24.3 Å². The van der Waals surface area contributed by atoms with E-state index in [1.165, 1.54) is 6.92 Å². The van der Waals surface area contributed by atoms with E-state index in [9.17, 15) is 8.78 Å². The molecule has 1 aromatic rings. The lowest BCUT2D eigenvalue weighted by atomic mass is 9.80. The summed E-state index contributed by atoms with van der Waals surface area (Å²) in [5.74, 6) is 0. The van der Waals surface area contributed by atoms with Crippen LogP contribution >= 0.6 is 0 Å². The minimum atomic E-state index is -2.52. The normalized spacial score (nSPS) is 16.0. The number of halogens is 2. The van der Waals surface area contributed by atoms with Gasteiger partial charge in [-0.15, -0.1) is 0 Å². The quantitative estimate of drug-likeness (QED) is 0.861. The van der Waals surface area contributed by atoms with Crippen LogP contribution < -0.4 is 5.73 Å². The zero-order valence-electron chi connectivity index (χ0n) is 10.9. The van der Waals surface area contributed by atoms with Crippen molar-refractivity contribution in [3.05, 3.63) is 35.4 Å². The average Bonchev–Trinajstić information content (AvgIpc) is 2.15. The first-order valence-electron chi connectivity index (χ1n) is 5.80. The fourth-order valence-electron chi connectivity index (χ4n) is 1.89. The van der Waals surface area contributed by atoms with E-state index in [4.69, 9.17) is 5.73 Å². The van der Waals surface area contributed by atoms with Gasteiger partial charge in [0.2, 0.25) is 0 Å². The molecule has 1 rings (SSSR count). The molecule has 0 radical (unpaired) electrons. The Labute approximate surface area is 102 Å². The molecule has 0 saturated carbocycles. The summed E-state index contributed by atoms with van der Waals surface area (Å²) in [4.78, 5) is 0. The van der Waals surface area contributed by atoms with Crippen LogP contribution in [0.3, 0.4) is 0 Å². The van der Waals surface area contributed by atoms with E-state index in [-0.39, 0.29) is 11.8 Å². The van der Waals surface area contributed by atoms with Crippen molar-refractivity contribution < 1.29 is 8.78 Å². The van der Waals surface area contributed by atoms with E-state index < -0.39 is 12.0 Å². The molecule has 1 unspecified atom stereocenters.